The zero-order chi connectivity index (χ0) is 21.4. The minimum atomic E-state index is 0.169. The number of carbonyl (C=O) groups is 1. The number of ether oxygens (including phenoxy) is 1. The Bertz CT molecular complexity index is 912. The van der Waals surface area contributed by atoms with E-state index >= 15 is 0 Å². The van der Waals surface area contributed by atoms with Gasteiger partial charge < -0.3 is 9.64 Å². The van der Waals surface area contributed by atoms with Crippen LogP contribution in [0.2, 0.25) is 0 Å². The molecule has 31 heavy (non-hydrogen) atoms. The molecule has 1 amide bonds. The molecule has 0 aliphatic carbocycles. The third-order valence-electron chi connectivity index (χ3n) is 7.34. The van der Waals surface area contributed by atoms with Gasteiger partial charge in [-0.3, -0.25) is 9.69 Å². The fourth-order valence-electron chi connectivity index (χ4n) is 5.91. The van der Waals surface area contributed by atoms with E-state index in [1.165, 1.54) is 29.5 Å². The van der Waals surface area contributed by atoms with Crippen LogP contribution in [-0.4, -0.2) is 40.4 Å². The summed E-state index contributed by atoms with van der Waals surface area (Å²) < 4.78 is 6.01. The smallest absolute Gasteiger partial charge is 0.226 e. The third-order valence-corrected chi connectivity index (χ3v) is 7.34. The lowest BCUT2D eigenvalue weighted by molar-refractivity contribution is -0.139. The largest absolute Gasteiger partial charge is 0.491 e. The lowest BCUT2D eigenvalue weighted by Crippen LogP contribution is -2.48. The number of amides is 1. The molecule has 3 heterocycles. The second-order valence-electron chi connectivity index (χ2n) is 9.78. The van der Waals surface area contributed by atoms with Crippen LogP contribution in [0.25, 0.3) is 0 Å². The van der Waals surface area contributed by atoms with Crippen LogP contribution < -0.4 is 4.74 Å². The molecule has 3 aliphatic heterocycles. The van der Waals surface area contributed by atoms with Crippen LogP contribution in [0.1, 0.15) is 56.2 Å². The van der Waals surface area contributed by atoms with E-state index in [0.29, 0.717) is 18.0 Å². The molecule has 4 heteroatoms. The number of nitrogens with zero attached hydrogens (tertiary/aromatic N) is 2. The van der Waals surface area contributed by atoms with Gasteiger partial charge in [-0.25, -0.2) is 0 Å². The Labute approximate surface area is 186 Å². The first-order valence-corrected chi connectivity index (χ1v) is 11.9. The van der Waals surface area contributed by atoms with Crippen molar-refractivity contribution in [2.24, 2.45) is 5.92 Å². The van der Waals surface area contributed by atoms with Crippen molar-refractivity contribution in [3.63, 3.8) is 0 Å². The topological polar surface area (TPSA) is 32.8 Å². The van der Waals surface area contributed by atoms with E-state index in [0.717, 1.165) is 44.6 Å². The van der Waals surface area contributed by atoms with Crippen LogP contribution in [0.3, 0.4) is 0 Å². The van der Waals surface area contributed by atoms with E-state index in [9.17, 15) is 4.79 Å². The number of carbonyl (C=O) groups excluding carboxylic acids is 1. The Morgan fingerprint density at radius 2 is 1.77 bits per heavy atom. The standard InChI is InChI=1S/C27H34N2O2/c1-19(2)31-26-10-6-9-21-18-28(14-13-25(21)26)27(30)22-15-23-11-12-24(16-22)29(23)17-20-7-4-3-5-8-20/h3-10,19,22-24H,11-18H2,1-2H3. The normalized spacial score (nSPS) is 25.5. The maximum atomic E-state index is 13.5. The van der Waals surface area contributed by atoms with E-state index in [-0.39, 0.29) is 12.0 Å². The first-order chi connectivity index (χ1) is 15.1. The SMILES string of the molecule is CC(C)Oc1cccc2c1CCN(C(=O)C1CC3CCC(C1)N3Cc1ccccc1)C2. The summed E-state index contributed by atoms with van der Waals surface area (Å²) in [6, 6.07) is 18.2. The monoisotopic (exact) mass is 418 g/mol. The molecule has 2 aromatic carbocycles. The summed E-state index contributed by atoms with van der Waals surface area (Å²) in [5.74, 6) is 1.55. The highest BCUT2D eigenvalue weighted by Gasteiger charge is 2.44. The summed E-state index contributed by atoms with van der Waals surface area (Å²) >= 11 is 0. The molecule has 0 aromatic heterocycles. The number of benzene rings is 2. The zero-order valence-corrected chi connectivity index (χ0v) is 18.8. The minimum absolute atomic E-state index is 0.169. The summed E-state index contributed by atoms with van der Waals surface area (Å²) in [5.41, 5.74) is 3.93. The summed E-state index contributed by atoms with van der Waals surface area (Å²) in [5, 5.41) is 0. The molecule has 0 N–H and O–H groups in total. The average molecular weight is 419 g/mol. The predicted molar refractivity (Wildman–Crippen MR) is 123 cm³/mol. The summed E-state index contributed by atoms with van der Waals surface area (Å²) in [6.45, 7) is 6.69. The molecule has 5 rings (SSSR count). The van der Waals surface area contributed by atoms with E-state index in [2.05, 4.69) is 72.2 Å². The van der Waals surface area contributed by atoms with Crippen LogP contribution in [0.15, 0.2) is 48.5 Å². The van der Waals surface area contributed by atoms with Crippen LogP contribution in [-0.2, 0) is 24.3 Å². The highest BCUT2D eigenvalue weighted by molar-refractivity contribution is 5.79. The second kappa shape index (κ2) is 8.66. The first kappa shape index (κ1) is 20.6. The van der Waals surface area contributed by atoms with E-state index < -0.39 is 0 Å². The molecule has 2 bridgehead atoms. The van der Waals surface area contributed by atoms with Gasteiger partial charge in [-0.1, -0.05) is 42.5 Å². The molecule has 2 saturated heterocycles. The number of rotatable bonds is 5. The molecular weight excluding hydrogens is 384 g/mol. The van der Waals surface area contributed by atoms with E-state index in [4.69, 9.17) is 4.74 Å². The molecule has 164 valence electrons. The van der Waals surface area contributed by atoms with Crippen molar-refractivity contribution in [3.05, 3.63) is 65.2 Å². The Morgan fingerprint density at radius 3 is 2.48 bits per heavy atom. The average Bonchev–Trinajstić information content (AvgIpc) is 3.00. The lowest BCUT2D eigenvalue weighted by atomic mass is 9.88. The summed E-state index contributed by atoms with van der Waals surface area (Å²) in [6.07, 6.45) is 5.57. The molecular formula is C27H34N2O2. The molecule has 3 aliphatic rings. The number of hydrogen-bond donors (Lipinski definition) is 0. The fourth-order valence-corrected chi connectivity index (χ4v) is 5.91. The van der Waals surface area contributed by atoms with Gasteiger partial charge >= 0.3 is 0 Å². The van der Waals surface area contributed by atoms with Gasteiger partial charge in [-0.2, -0.15) is 0 Å². The molecule has 2 atom stereocenters. The maximum absolute atomic E-state index is 13.5. The number of hydrogen-bond acceptors (Lipinski definition) is 3. The van der Waals surface area contributed by atoms with Crippen molar-refractivity contribution in [2.45, 2.75) is 77.2 Å². The highest BCUT2D eigenvalue weighted by Crippen LogP contribution is 2.41. The van der Waals surface area contributed by atoms with Crippen molar-refractivity contribution in [3.8, 4) is 5.75 Å². The predicted octanol–water partition coefficient (Wildman–Crippen LogP) is 4.80. The van der Waals surface area contributed by atoms with Gasteiger partial charge in [0.15, 0.2) is 0 Å². The fraction of sp³-hybridized carbons (Fsp3) is 0.519. The van der Waals surface area contributed by atoms with Crippen LogP contribution >= 0.6 is 0 Å². The Hall–Kier alpha value is -2.33. The van der Waals surface area contributed by atoms with Crippen molar-refractivity contribution in [1.82, 2.24) is 9.80 Å². The van der Waals surface area contributed by atoms with E-state index in [1.54, 1.807) is 0 Å². The zero-order valence-electron chi connectivity index (χ0n) is 18.8. The molecule has 4 nitrogen and oxygen atoms in total. The summed E-state index contributed by atoms with van der Waals surface area (Å²) in [7, 11) is 0. The van der Waals surface area contributed by atoms with Crippen LogP contribution in [0.5, 0.6) is 5.75 Å². The molecule has 2 unspecified atom stereocenters. The molecule has 0 saturated carbocycles. The van der Waals surface area contributed by atoms with Crippen molar-refractivity contribution < 1.29 is 9.53 Å². The van der Waals surface area contributed by atoms with Gasteiger partial charge in [0.1, 0.15) is 5.75 Å². The number of piperidine rings is 1. The first-order valence-electron chi connectivity index (χ1n) is 11.9. The molecule has 2 fully saturated rings. The third kappa shape index (κ3) is 4.23. The Balaban J connectivity index is 1.24. The highest BCUT2D eigenvalue weighted by atomic mass is 16.5. The Morgan fingerprint density at radius 1 is 1.03 bits per heavy atom. The van der Waals surface area contributed by atoms with Crippen LogP contribution in [0, 0.1) is 5.92 Å². The molecule has 2 aromatic rings. The quantitative estimate of drug-likeness (QED) is 0.699. The minimum Gasteiger partial charge on any atom is -0.491 e. The molecule has 0 spiro atoms. The van der Waals surface area contributed by atoms with Gasteiger partial charge in [0.2, 0.25) is 5.91 Å². The summed E-state index contributed by atoms with van der Waals surface area (Å²) in [4.78, 5) is 18.3. The van der Waals surface area contributed by atoms with Gasteiger partial charge in [0, 0.05) is 43.2 Å². The van der Waals surface area contributed by atoms with Crippen LogP contribution in [0.4, 0.5) is 0 Å². The Kier molecular flexibility index (Phi) is 5.75. The molecule has 0 radical (unpaired) electrons. The van der Waals surface area contributed by atoms with E-state index in [1.807, 2.05) is 0 Å². The second-order valence-corrected chi connectivity index (χ2v) is 9.78. The van der Waals surface area contributed by atoms with Gasteiger partial charge in [0.05, 0.1) is 6.10 Å². The van der Waals surface area contributed by atoms with Gasteiger partial charge in [-0.05, 0) is 63.1 Å². The lowest BCUT2D eigenvalue weighted by Gasteiger charge is -2.41. The maximum Gasteiger partial charge on any atom is 0.226 e. The van der Waals surface area contributed by atoms with Gasteiger partial charge in [0.25, 0.3) is 0 Å². The van der Waals surface area contributed by atoms with Crippen molar-refractivity contribution in [2.75, 3.05) is 6.54 Å². The van der Waals surface area contributed by atoms with Gasteiger partial charge in [-0.15, -0.1) is 0 Å². The van der Waals surface area contributed by atoms with Crippen molar-refractivity contribution in [1.29, 1.82) is 0 Å². The number of fused-ring (bicyclic) bond motifs is 3. The van der Waals surface area contributed by atoms with Crippen molar-refractivity contribution >= 4 is 5.91 Å².